The molecule has 7 nitrogen and oxygen atoms in total. The number of ether oxygens (including phenoxy) is 3. The maximum absolute atomic E-state index is 12.6. The van der Waals surface area contributed by atoms with E-state index in [1.165, 1.54) is 7.11 Å². The van der Waals surface area contributed by atoms with E-state index in [9.17, 15) is 9.59 Å². The van der Waals surface area contributed by atoms with E-state index >= 15 is 0 Å². The number of halogens is 1. The van der Waals surface area contributed by atoms with Gasteiger partial charge in [-0.1, -0.05) is 31.9 Å². The normalized spacial score (nSPS) is 16.2. The molecule has 0 spiro atoms. The summed E-state index contributed by atoms with van der Waals surface area (Å²) in [4.78, 5) is 24.9. The van der Waals surface area contributed by atoms with Crippen LogP contribution in [0.15, 0.2) is 23.4 Å². The quantitative estimate of drug-likeness (QED) is 0.540. The van der Waals surface area contributed by atoms with Crippen LogP contribution in [0.5, 0.6) is 11.5 Å². The van der Waals surface area contributed by atoms with Crippen LogP contribution < -0.4 is 20.1 Å². The van der Waals surface area contributed by atoms with Gasteiger partial charge in [0.1, 0.15) is 0 Å². The lowest BCUT2D eigenvalue weighted by Gasteiger charge is -2.30. The van der Waals surface area contributed by atoms with Crippen molar-refractivity contribution in [2.45, 2.75) is 52.5 Å². The van der Waals surface area contributed by atoms with Gasteiger partial charge >= 0.3 is 12.0 Å². The molecule has 0 fully saturated rings. The number of allylic oxidation sites excluding steroid dienone is 1. The lowest BCUT2D eigenvalue weighted by atomic mass is 9.93. The Balaban J connectivity index is 2.56. The first-order valence-electron chi connectivity index (χ1n) is 9.94. The molecular weight excluding hydrogens is 396 g/mol. The molecule has 1 aliphatic rings. The Bertz CT molecular complexity index is 779. The van der Waals surface area contributed by atoms with Gasteiger partial charge in [0.05, 0.1) is 37.0 Å². The van der Waals surface area contributed by atoms with Crippen LogP contribution in [0, 0.1) is 0 Å². The van der Waals surface area contributed by atoms with Crippen molar-refractivity contribution >= 4 is 23.6 Å². The van der Waals surface area contributed by atoms with Gasteiger partial charge in [0.2, 0.25) is 0 Å². The van der Waals surface area contributed by atoms with Crippen LogP contribution >= 0.6 is 11.6 Å². The highest BCUT2D eigenvalue weighted by Gasteiger charge is 2.34. The molecule has 2 amide bonds. The topological polar surface area (TPSA) is 85.9 Å². The van der Waals surface area contributed by atoms with E-state index in [0.717, 1.165) is 19.3 Å². The molecule has 0 aliphatic carbocycles. The molecule has 160 valence electrons. The number of carbonyl (C=O) groups excluding carboxylic acids is 2. The molecule has 29 heavy (non-hydrogen) atoms. The monoisotopic (exact) mass is 424 g/mol. The molecule has 8 heteroatoms. The first-order valence-corrected chi connectivity index (χ1v) is 10.3. The van der Waals surface area contributed by atoms with Crippen LogP contribution in [0.4, 0.5) is 4.79 Å². The van der Waals surface area contributed by atoms with Crippen LogP contribution in [0.1, 0.15) is 58.1 Å². The molecule has 1 aromatic carbocycles. The van der Waals surface area contributed by atoms with Crippen molar-refractivity contribution in [2.24, 2.45) is 0 Å². The first-order chi connectivity index (χ1) is 14.0. The smallest absolute Gasteiger partial charge is 0.337 e. The summed E-state index contributed by atoms with van der Waals surface area (Å²) in [7, 11) is 1.32. The third-order valence-electron chi connectivity index (χ3n) is 4.45. The number of rotatable bonds is 10. The Labute approximate surface area is 176 Å². The van der Waals surface area contributed by atoms with Crippen molar-refractivity contribution in [1.29, 1.82) is 0 Å². The van der Waals surface area contributed by atoms with E-state index < -0.39 is 12.0 Å². The van der Waals surface area contributed by atoms with Crippen molar-refractivity contribution in [3.8, 4) is 11.5 Å². The van der Waals surface area contributed by atoms with E-state index in [-0.39, 0.29) is 6.03 Å². The SMILES string of the molecule is CCCCC1=C(C(=O)OC)C(c2cc(Cl)c(OCCC)c(OCC)c2)NC(=O)N1. The van der Waals surface area contributed by atoms with Gasteiger partial charge in [0.25, 0.3) is 0 Å². The molecule has 1 atom stereocenters. The Hall–Kier alpha value is -2.41. The zero-order valence-corrected chi connectivity index (χ0v) is 18.1. The minimum atomic E-state index is -0.708. The molecule has 0 saturated carbocycles. The van der Waals surface area contributed by atoms with Crippen molar-refractivity contribution in [2.75, 3.05) is 20.3 Å². The van der Waals surface area contributed by atoms with Gasteiger partial charge < -0.3 is 24.8 Å². The summed E-state index contributed by atoms with van der Waals surface area (Å²) < 4.78 is 16.5. The summed E-state index contributed by atoms with van der Waals surface area (Å²) in [5.74, 6) is 0.415. The zero-order valence-electron chi connectivity index (χ0n) is 17.4. The average molecular weight is 425 g/mol. The van der Waals surface area contributed by atoms with Gasteiger partial charge in [-0.2, -0.15) is 0 Å². The molecule has 0 saturated heterocycles. The second-order valence-corrected chi connectivity index (χ2v) is 7.04. The molecule has 0 bridgehead atoms. The van der Waals surface area contributed by atoms with Gasteiger partial charge in [0.15, 0.2) is 11.5 Å². The number of esters is 1. The number of methoxy groups -OCH3 is 1. The number of carbonyl (C=O) groups is 2. The lowest BCUT2D eigenvalue weighted by Crippen LogP contribution is -2.45. The fraction of sp³-hybridized carbons (Fsp3) is 0.524. The summed E-state index contributed by atoms with van der Waals surface area (Å²) in [6, 6.07) is 2.34. The van der Waals surface area contributed by atoms with Crippen LogP contribution in [0.3, 0.4) is 0 Å². The third kappa shape index (κ3) is 5.56. The summed E-state index contributed by atoms with van der Waals surface area (Å²) in [5.41, 5.74) is 1.54. The standard InChI is InChI=1S/C21H29ClN2O5/c1-5-8-9-15-17(20(25)27-4)18(24-21(26)23-15)13-11-14(22)19(29-10-6-2)16(12-13)28-7-3/h11-12,18H,5-10H2,1-4H3,(H2,23,24,26). The molecule has 1 heterocycles. The second-order valence-electron chi connectivity index (χ2n) is 6.63. The van der Waals surface area contributed by atoms with Crippen molar-refractivity contribution in [3.63, 3.8) is 0 Å². The molecule has 0 radical (unpaired) electrons. The minimum Gasteiger partial charge on any atom is -0.490 e. The highest BCUT2D eigenvalue weighted by molar-refractivity contribution is 6.32. The van der Waals surface area contributed by atoms with E-state index in [1.807, 2.05) is 20.8 Å². The fourth-order valence-electron chi connectivity index (χ4n) is 3.13. The minimum absolute atomic E-state index is 0.353. The Kier molecular flexibility index (Phi) is 8.64. The number of unbranched alkanes of at least 4 members (excludes halogenated alkanes) is 1. The highest BCUT2D eigenvalue weighted by atomic mass is 35.5. The van der Waals surface area contributed by atoms with Crippen molar-refractivity contribution in [1.82, 2.24) is 10.6 Å². The molecule has 2 N–H and O–H groups in total. The summed E-state index contributed by atoms with van der Waals surface area (Å²) in [6.07, 6.45) is 3.14. The molecule has 0 aromatic heterocycles. The number of hydrogen-bond acceptors (Lipinski definition) is 5. The number of hydrogen-bond donors (Lipinski definition) is 2. The van der Waals surface area contributed by atoms with E-state index in [1.54, 1.807) is 12.1 Å². The van der Waals surface area contributed by atoms with Gasteiger partial charge in [-0.3, -0.25) is 0 Å². The largest absolute Gasteiger partial charge is 0.490 e. The maximum atomic E-state index is 12.6. The number of nitrogens with one attached hydrogen (secondary N) is 2. The molecule has 1 unspecified atom stereocenters. The van der Waals surface area contributed by atoms with Gasteiger partial charge in [0, 0.05) is 5.70 Å². The lowest BCUT2D eigenvalue weighted by molar-refractivity contribution is -0.136. The first kappa shape index (κ1) is 22.9. The molecule has 1 aromatic rings. The van der Waals surface area contributed by atoms with Crippen LogP contribution in [-0.4, -0.2) is 32.3 Å². The van der Waals surface area contributed by atoms with Crippen molar-refractivity contribution < 1.29 is 23.8 Å². The number of benzene rings is 1. The van der Waals surface area contributed by atoms with Gasteiger partial charge in [-0.25, -0.2) is 9.59 Å². The van der Waals surface area contributed by atoms with Crippen LogP contribution in [0.25, 0.3) is 0 Å². The third-order valence-corrected chi connectivity index (χ3v) is 4.74. The fourth-order valence-corrected chi connectivity index (χ4v) is 3.41. The Morgan fingerprint density at radius 1 is 1.17 bits per heavy atom. The summed E-state index contributed by atoms with van der Waals surface area (Å²) in [5, 5.41) is 5.90. The predicted molar refractivity (Wildman–Crippen MR) is 111 cm³/mol. The van der Waals surface area contributed by atoms with Crippen LogP contribution in [-0.2, 0) is 9.53 Å². The summed E-state index contributed by atoms with van der Waals surface area (Å²) in [6.45, 7) is 6.82. The van der Waals surface area contributed by atoms with Crippen LogP contribution in [0.2, 0.25) is 5.02 Å². The van der Waals surface area contributed by atoms with E-state index in [2.05, 4.69) is 10.6 Å². The zero-order chi connectivity index (χ0) is 21.4. The van der Waals surface area contributed by atoms with E-state index in [4.69, 9.17) is 25.8 Å². The van der Waals surface area contributed by atoms with Crippen molar-refractivity contribution in [3.05, 3.63) is 34.0 Å². The number of urea groups is 1. The molecular formula is C21H29ClN2O5. The van der Waals surface area contributed by atoms with Gasteiger partial charge in [-0.15, -0.1) is 0 Å². The Morgan fingerprint density at radius 3 is 2.55 bits per heavy atom. The molecule has 1 aliphatic heterocycles. The van der Waals surface area contributed by atoms with E-state index in [0.29, 0.717) is 53.0 Å². The Morgan fingerprint density at radius 2 is 1.93 bits per heavy atom. The molecule has 2 rings (SSSR count). The predicted octanol–water partition coefficient (Wildman–Crippen LogP) is 4.50. The van der Waals surface area contributed by atoms with Gasteiger partial charge in [-0.05, 0) is 43.9 Å². The highest BCUT2D eigenvalue weighted by Crippen LogP contribution is 2.40. The summed E-state index contributed by atoms with van der Waals surface area (Å²) >= 11 is 6.48. The number of amides is 2. The maximum Gasteiger partial charge on any atom is 0.337 e. The average Bonchev–Trinajstić information content (AvgIpc) is 2.70. The second kappa shape index (κ2) is 11.0.